The molecular weight excluding hydrogens is 372 g/mol. The van der Waals surface area contributed by atoms with Crippen molar-refractivity contribution in [1.82, 2.24) is 10.6 Å². The van der Waals surface area contributed by atoms with Gasteiger partial charge >= 0.3 is 0 Å². The number of hydrogen-bond acceptors (Lipinski definition) is 4. The first-order valence-corrected chi connectivity index (χ1v) is 16.9. The van der Waals surface area contributed by atoms with Crippen LogP contribution in [-0.2, 0) is 13.7 Å². The minimum absolute atomic E-state index is 0.0978. The molecule has 0 atom stereocenters. The smallest absolute Gasteiger partial charge is 0.223 e. The molecule has 0 aromatic heterocycles. The second-order valence-corrected chi connectivity index (χ2v) is 18.2. The third-order valence-corrected chi connectivity index (χ3v) is 13.2. The van der Waals surface area contributed by atoms with Crippen LogP contribution < -0.4 is 10.6 Å². The van der Waals surface area contributed by atoms with Crippen LogP contribution in [0.15, 0.2) is 0 Å². The van der Waals surface area contributed by atoms with E-state index < -0.39 is 16.6 Å². The summed E-state index contributed by atoms with van der Waals surface area (Å²) in [6.07, 6.45) is 5.62. The molecule has 1 fully saturated rings. The van der Waals surface area contributed by atoms with Crippen LogP contribution in [0.3, 0.4) is 0 Å². The molecule has 0 heterocycles. The molecule has 0 saturated heterocycles. The molecule has 1 amide bonds. The van der Waals surface area contributed by atoms with E-state index in [1.165, 1.54) is 12.5 Å². The van der Waals surface area contributed by atoms with E-state index in [2.05, 4.69) is 36.8 Å². The van der Waals surface area contributed by atoms with Crippen LogP contribution >= 0.6 is 0 Å². The second kappa shape index (κ2) is 11.5. The van der Waals surface area contributed by atoms with Crippen LogP contribution in [0.5, 0.6) is 0 Å². The van der Waals surface area contributed by atoms with Crippen LogP contribution in [0.4, 0.5) is 0 Å². The molecule has 2 N–H and O–H groups in total. The number of amides is 1. The molecule has 1 aliphatic rings. The number of Topliss-reactive ketones (excluding diaryl/α,β-unsaturated/α-hetero) is 1. The minimum atomic E-state index is -1.68. The van der Waals surface area contributed by atoms with Crippen molar-refractivity contribution in [3.63, 3.8) is 0 Å². The third-order valence-electron chi connectivity index (χ3n) is 5.69. The van der Waals surface area contributed by atoms with E-state index in [9.17, 15) is 9.59 Å². The van der Waals surface area contributed by atoms with E-state index in [0.29, 0.717) is 0 Å². The molecule has 0 aromatic rings. The maximum absolute atomic E-state index is 12.4. The maximum atomic E-state index is 12.4. The number of hydrogen-bond donors (Lipinski definition) is 2. The Labute approximate surface area is 168 Å². The van der Waals surface area contributed by atoms with Gasteiger partial charge in [-0.1, -0.05) is 0 Å². The largest absolute Gasteiger partial charge is 0.455 e. The highest BCUT2D eigenvalue weighted by Crippen LogP contribution is 2.29. The maximum Gasteiger partial charge on any atom is 0.223 e. The Morgan fingerprint density at radius 2 is 1.37 bits per heavy atom. The Hall–Kier alpha value is -0.506. The summed E-state index contributed by atoms with van der Waals surface area (Å²) in [6, 6.07) is 2.29. The monoisotopic (exact) mass is 414 g/mol. The Balaban J connectivity index is 2.25. The van der Waals surface area contributed by atoms with Crippen LogP contribution in [0.2, 0.25) is 38.3 Å². The molecule has 1 saturated carbocycles. The molecule has 0 radical (unpaired) electrons. The number of carbonyl (C=O) groups is 2. The number of nitrogens with one attached hydrogen (secondary N) is 2. The molecule has 0 unspecified atom stereocenters. The molecule has 0 bridgehead atoms. The van der Waals surface area contributed by atoms with Crippen molar-refractivity contribution in [2.45, 2.75) is 83.7 Å². The lowest BCUT2D eigenvalue weighted by Crippen LogP contribution is -2.45. The van der Waals surface area contributed by atoms with E-state index in [-0.39, 0.29) is 23.5 Å². The van der Waals surface area contributed by atoms with Gasteiger partial charge in [-0.3, -0.25) is 9.59 Å². The molecule has 1 rings (SSSR count). The van der Waals surface area contributed by atoms with E-state index >= 15 is 0 Å². The van der Waals surface area contributed by atoms with E-state index in [1.54, 1.807) is 6.92 Å². The van der Waals surface area contributed by atoms with Gasteiger partial charge in [0.2, 0.25) is 5.91 Å². The van der Waals surface area contributed by atoms with Gasteiger partial charge in [-0.2, -0.15) is 0 Å². The highest BCUT2D eigenvalue weighted by atomic mass is 28.4. The van der Waals surface area contributed by atoms with Crippen molar-refractivity contribution in [2.24, 2.45) is 11.8 Å². The Morgan fingerprint density at radius 3 is 1.85 bits per heavy atom. The summed E-state index contributed by atoms with van der Waals surface area (Å²) in [7, 11) is -1.28. The SMILES string of the molecule is CNCCC[Si](C)(C)O[Si](C)(C)CCCNC(=O)C1CCC(C(C)=O)CC1. The predicted octanol–water partition coefficient (Wildman–Crippen LogP) is 3.92. The summed E-state index contributed by atoms with van der Waals surface area (Å²) in [5, 5.41) is 6.33. The fourth-order valence-corrected chi connectivity index (χ4v) is 13.0. The van der Waals surface area contributed by atoms with E-state index in [1.807, 2.05) is 7.05 Å². The van der Waals surface area contributed by atoms with Gasteiger partial charge in [0.25, 0.3) is 0 Å². The van der Waals surface area contributed by atoms with Crippen LogP contribution in [0.1, 0.15) is 45.4 Å². The Bertz CT molecular complexity index is 476. The van der Waals surface area contributed by atoms with Crippen molar-refractivity contribution in [3.05, 3.63) is 0 Å². The average molecular weight is 415 g/mol. The van der Waals surface area contributed by atoms with Crippen molar-refractivity contribution in [3.8, 4) is 0 Å². The van der Waals surface area contributed by atoms with Gasteiger partial charge in [-0.05, 0) is 97.3 Å². The van der Waals surface area contributed by atoms with Crippen LogP contribution in [-0.4, -0.2) is 48.5 Å². The van der Waals surface area contributed by atoms with E-state index in [0.717, 1.165) is 51.2 Å². The van der Waals surface area contributed by atoms with Gasteiger partial charge in [0.1, 0.15) is 5.78 Å². The zero-order valence-electron chi connectivity index (χ0n) is 18.5. The van der Waals surface area contributed by atoms with Gasteiger partial charge in [-0.25, -0.2) is 0 Å². The molecule has 0 spiro atoms. The molecule has 5 nitrogen and oxygen atoms in total. The van der Waals surface area contributed by atoms with Crippen LogP contribution in [0, 0.1) is 11.8 Å². The zero-order valence-corrected chi connectivity index (χ0v) is 20.5. The van der Waals surface area contributed by atoms with Gasteiger partial charge < -0.3 is 14.7 Å². The normalized spacial score (nSPS) is 21.1. The summed E-state index contributed by atoms with van der Waals surface area (Å²) in [5.74, 6) is 0.733. The first kappa shape index (κ1) is 24.5. The molecule has 1 aliphatic carbocycles. The fourth-order valence-electron chi connectivity index (χ4n) is 4.17. The number of ketones is 1. The van der Waals surface area contributed by atoms with Crippen molar-refractivity contribution >= 4 is 28.3 Å². The molecule has 27 heavy (non-hydrogen) atoms. The summed E-state index contributed by atoms with van der Waals surface area (Å²) in [5.41, 5.74) is 0. The molecule has 0 aliphatic heterocycles. The number of rotatable bonds is 12. The van der Waals surface area contributed by atoms with Gasteiger partial charge in [0.15, 0.2) is 16.6 Å². The van der Waals surface area contributed by atoms with E-state index in [4.69, 9.17) is 4.12 Å². The Kier molecular flexibility index (Phi) is 10.4. The highest BCUT2D eigenvalue weighted by Gasteiger charge is 2.32. The molecule has 0 aromatic carbocycles. The zero-order chi connectivity index (χ0) is 20.5. The lowest BCUT2D eigenvalue weighted by atomic mass is 9.80. The Morgan fingerprint density at radius 1 is 0.889 bits per heavy atom. The molecule has 158 valence electrons. The van der Waals surface area contributed by atoms with Crippen molar-refractivity contribution in [2.75, 3.05) is 20.1 Å². The average Bonchev–Trinajstić information content (AvgIpc) is 2.57. The van der Waals surface area contributed by atoms with Crippen molar-refractivity contribution in [1.29, 1.82) is 0 Å². The highest BCUT2D eigenvalue weighted by molar-refractivity contribution is 6.84. The summed E-state index contributed by atoms with van der Waals surface area (Å²) in [4.78, 5) is 23.8. The first-order valence-electron chi connectivity index (χ1n) is 10.7. The van der Waals surface area contributed by atoms with Gasteiger partial charge in [-0.15, -0.1) is 0 Å². The topological polar surface area (TPSA) is 67.4 Å². The molecular formula is C20H42N2O3Si2. The van der Waals surface area contributed by atoms with Crippen molar-refractivity contribution < 1.29 is 13.7 Å². The first-order chi connectivity index (χ1) is 12.6. The quantitative estimate of drug-likeness (QED) is 0.375. The number of carbonyl (C=O) groups excluding carboxylic acids is 2. The van der Waals surface area contributed by atoms with Crippen LogP contribution in [0.25, 0.3) is 0 Å². The molecule has 7 heteroatoms. The second-order valence-electron chi connectivity index (χ2n) is 9.38. The minimum Gasteiger partial charge on any atom is -0.455 e. The third kappa shape index (κ3) is 10.0. The fraction of sp³-hybridized carbons (Fsp3) is 0.900. The standard InChI is InChI=1S/C20H42N2O3Si2/c1-17(23)18-9-11-19(12-10-18)20(24)22-14-8-16-27(5,6)25-26(3,4)15-7-13-21-2/h18-19,21H,7-16H2,1-6H3,(H,22,24). The summed E-state index contributed by atoms with van der Waals surface area (Å²) in [6.45, 7) is 12.8. The summed E-state index contributed by atoms with van der Waals surface area (Å²) >= 11 is 0. The van der Waals surface area contributed by atoms with Gasteiger partial charge in [0.05, 0.1) is 0 Å². The van der Waals surface area contributed by atoms with Gasteiger partial charge in [0, 0.05) is 18.4 Å². The lowest BCUT2D eigenvalue weighted by Gasteiger charge is -2.34. The summed E-state index contributed by atoms with van der Waals surface area (Å²) < 4.78 is 6.63. The lowest BCUT2D eigenvalue weighted by molar-refractivity contribution is -0.128. The predicted molar refractivity (Wildman–Crippen MR) is 118 cm³/mol.